The van der Waals surface area contributed by atoms with Crippen molar-refractivity contribution in [3.05, 3.63) is 36.8 Å². The highest BCUT2D eigenvalue weighted by atomic mass is 16.2. The molecule has 0 aliphatic carbocycles. The second-order valence-electron chi connectivity index (χ2n) is 5.19. The third kappa shape index (κ3) is 4.66. The van der Waals surface area contributed by atoms with E-state index in [1.165, 1.54) is 0 Å². The summed E-state index contributed by atoms with van der Waals surface area (Å²) < 4.78 is 0. The van der Waals surface area contributed by atoms with Crippen LogP contribution in [0.25, 0.3) is 0 Å². The lowest BCUT2D eigenvalue weighted by Gasteiger charge is -2.19. The molecule has 0 aromatic heterocycles. The molecule has 0 aliphatic rings. The second-order valence-corrected chi connectivity index (χ2v) is 5.19. The van der Waals surface area contributed by atoms with Crippen molar-refractivity contribution >= 4 is 17.5 Å². The summed E-state index contributed by atoms with van der Waals surface area (Å²) >= 11 is 0. The van der Waals surface area contributed by atoms with Crippen LogP contribution in [-0.2, 0) is 9.59 Å². The van der Waals surface area contributed by atoms with Crippen molar-refractivity contribution in [2.24, 2.45) is 11.7 Å². The van der Waals surface area contributed by atoms with Crippen LogP contribution in [0.2, 0.25) is 0 Å². The molecule has 109 valence electrons. The Bertz CT molecular complexity index is 469. The predicted octanol–water partition coefficient (Wildman–Crippen LogP) is 1.30. The van der Waals surface area contributed by atoms with E-state index in [9.17, 15) is 9.59 Å². The van der Waals surface area contributed by atoms with Crippen LogP contribution < -0.4 is 16.4 Å². The van der Waals surface area contributed by atoms with Crippen molar-refractivity contribution < 1.29 is 9.59 Å². The average molecular weight is 276 g/mol. The van der Waals surface area contributed by atoms with Crippen molar-refractivity contribution in [2.75, 3.05) is 5.32 Å². The zero-order valence-corrected chi connectivity index (χ0v) is 12.1. The first-order chi connectivity index (χ1) is 9.31. The van der Waals surface area contributed by atoms with E-state index in [4.69, 9.17) is 5.73 Å². The molecule has 0 saturated heterocycles. The van der Waals surface area contributed by atoms with Gasteiger partial charge in [-0.2, -0.15) is 0 Å². The minimum absolute atomic E-state index is 0.0230. The first-order valence-corrected chi connectivity index (χ1v) is 6.60. The predicted molar refractivity (Wildman–Crippen MR) is 79.9 cm³/mol. The zero-order chi connectivity index (χ0) is 15.3. The molecule has 1 radical (unpaired) electrons. The fourth-order valence-electron chi connectivity index (χ4n) is 1.52. The van der Waals surface area contributed by atoms with E-state index in [1.807, 2.05) is 13.8 Å². The Morgan fingerprint density at radius 1 is 1.10 bits per heavy atom. The van der Waals surface area contributed by atoms with Crippen LogP contribution in [0.4, 0.5) is 5.69 Å². The minimum atomic E-state index is -0.647. The van der Waals surface area contributed by atoms with E-state index in [2.05, 4.69) is 17.6 Å². The molecule has 5 heteroatoms. The molecule has 0 bridgehead atoms. The van der Waals surface area contributed by atoms with Gasteiger partial charge in [0.15, 0.2) is 0 Å². The van der Waals surface area contributed by atoms with E-state index in [0.29, 0.717) is 5.69 Å². The number of hydrogen-bond acceptors (Lipinski definition) is 3. The highest BCUT2D eigenvalue weighted by Gasteiger charge is 2.21. The number of amides is 2. The number of hydrogen-bond donors (Lipinski definition) is 3. The first-order valence-electron chi connectivity index (χ1n) is 6.60. The van der Waals surface area contributed by atoms with Gasteiger partial charge in [-0.25, -0.2) is 0 Å². The maximum absolute atomic E-state index is 11.9. The Hall–Kier alpha value is -1.88. The standard InChI is InChI=1S/C15H22N3O2/c1-9(2)13(16)15(20)17-11(4)14(19)18-12-7-5-10(3)6-8-12/h5-9,11,13H,3,16H2,1-2,4H3,(H,17,20)(H,18,19)/t11-,13-/m0/s1. The number of carbonyl (C=O) groups excluding carboxylic acids is 2. The summed E-state index contributed by atoms with van der Waals surface area (Å²) in [4.78, 5) is 23.7. The van der Waals surface area contributed by atoms with Crippen molar-refractivity contribution in [1.82, 2.24) is 5.32 Å². The molecule has 0 saturated carbocycles. The van der Waals surface area contributed by atoms with E-state index in [-0.39, 0.29) is 17.7 Å². The van der Waals surface area contributed by atoms with Crippen molar-refractivity contribution in [1.29, 1.82) is 0 Å². The summed E-state index contributed by atoms with van der Waals surface area (Å²) in [6.07, 6.45) is 0. The molecule has 1 aromatic rings. The van der Waals surface area contributed by atoms with E-state index >= 15 is 0 Å². The minimum Gasteiger partial charge on any atom is -0.343 e. The number of benzene rings is 1. The molecule has 0 spiro atoms. The molecular formula is C15H22N3O2. The Kier molecular flexibility index (Phi) is 5.70. The molecule has 5 nitrogen and oxygen atoms in total. The number of rotatable bonds is 5. The third-order valence-electron chi connectivity index (χ3n) is 2.99. The Morgan fingerprint density at radius 2 is 1.65 bits per heavy atom. The lowest BCUT2D eigenvalue weighted by atomic mass is 10.0. The summed E-state index contributed by atoms with van der Waals surface area (Å²) in [5.41, 5.74) is 7.26. The van der Waals surface area contributed by atoms with Gasteiger partial charge in [-0.05, 0) is 37.5 Å². The van der Waals surface area contributed by atoms with Gasteiger partial charge in [0, 0.05) is 5.69 Å². The number of nitrogens with two attached hydrogens (primary N) is 1. The average Bonchev–Trinajstić information content (AvgIpc) is 2.40. The summed E-state index contributed by atoms with van der Waals surface area (Å²) in [7, 11) is 0. The van der Waals surface area contributed by atoms with E-state index in [1.54, 1.807) is 31.2 Å². The molecule has 2 atom stereocenters. The van der Waals surface area contributed by atoms with Crippen LogP contribution in [0.15, 0.2) is 24.3 Å². The highest BCUT2D eigenvalue weighted by molar-refractivity contribution is 5.97. The summed E-state index contributed by atoms with van der Waals surface area (Å²) in [6, 6.07) is 5.85. The van der Waals surface area contributed by atoms with Crippen molar-refractivity contribution in [2.45, 2.75) is 32.9 Å². The van der Waals surface area contributed by atoms with Crippen LogP contribution in [-0.4, -0.2) is 23.9 Å². The van der Waals surface area contributed by atoms with Crippen LogP contribution in [0.3, 0.4) is 0 Å². The third-order valence-corrected chi connectivity index (χ3v) is 2.99. The second kappa shape index (κ2) is 7.05. The summed E-state index contributed by atoms with van der Waals surface area (Å²) in [5, 5.41) is 5.32. The molecule has 0 fully saturated rings. The van der Waals surface area contributed by atoms with Gasteiger partial charge in [0.1, 0.15) is 6.04 Å². The van der Waals surface area contributed by atoms with Crippen LogP contribution in [0.1, 0.15) is 26.3 Å². The van der Waals surface area contributed by atoms with Gasteiger partial charge in [0.25, 0.3) is 0 Å². The molecule has 2 amide bonds. The topological polar surface area (TPSA) is 84.2 Å². The van der Waals surface area contributed by atoms with Crippen LogP contribution >= 0.6 is 0 Å². The van der Waals surface area contributed by atoms with Crippen molar-refractivity contribution in [3.8, 4) is 0 Å². The molecule has 4 N–H and O–H groups in total. The molecule has 20 heavy (non-hydrogen) atoms. The van der Waals surface area contributed by atoms with Gasteiger partial charge in [-0.1, -0.05) is 26.0 Å². The van der Waals surface area contributed by atoms with Crippen LogP contribution in [0.5, 0.6) is 0 Å². The fraction of sp³-hybridized carbons (Fsp3) is 0.400. The maximum atomic E-state index is 11.9. The number of anilines is 1. The first kappa shape index (κ1) is 16.2. The van der Waals surface area contributed by atoms with Gasteiger partial charge in [-0.15, -0.1) is 0 Å². The zero-order valence-electron chi connectivity index (χ0n) is 12.1. The van der Waals surface area contributed by atoms with Gasteiger partial charge < -0.3 is 16.4 Å². The number of carbonyl (C=O) groups is 2. The normalized spacial score (nSPS) is 13.7. The quantitative estimate of drug-likeness (QED) is 0.757. The van der Waals surface area contributed by atoms with Crippen molar-refractivity contribution in [3.63, 3.8) is 0 Å². The molecular weight excluding hydrogens is 254 g/mol. The monoisotopic (exact) mass is 276 g/mol. The van der Waals surface area contributed by atoms with Gasteiger partial charge >= 0.3 is 0 Å². The number of nitrogens with one attached hydrogen (secondary N) is 2. The molecule has 1 rings (SSSR count). The SMILES string of the molecule is [CH2]c1ccc(NC(=O)[C@H](C)NC(=O)[C@@H](N)C(C)C)cc1. The Morgan fingerprint density at radius 3 is 2.15 bits per heavy atom. The van der Waals surface area contributed by atoms with E-state index in [0.717, 1.165) is 5.56 Å². The maximum Gasteiger partial charge on any atom is 0.246 e. The van der Waals surface area contributed by atoms with Gasteiger partial charge in [0.2, 0.25) is 11.8 Å². The highest BCUT2D eigenvalue weighted by Crippen LogP contribution is 2.09. The summed E-state index contributed by atoms with van der Waals surface area (Å²) in [5.74, 6) is -0.586. The summed E-state index contributed by atoms with van der Waals surface area (Å²) in [6.45, 7) is 9.10. The smallest absolute Gasteiger partial charge is 0.246 e. The van der Waals surface area contributed by atoms with E-state index < -0.39 is 12.1 Å². The Labute approximate surface area is 119 Å². The Balaban J connectivity index is 2.55. The lowest BCUT2D eigenvalue weighted by molar-refractivity contribution is -0.127. The fourth-order valence-corrected chi connectivity index (χ4v) is 1.52. The lowest BCUT2D eigenvalue weighted by Crippen LogP contribution is -2.50. The molecule has 0 unspecified atom stereocenters. The molecule has 0 heterocycles. The molecule has 1 aromatic carbocycles. The van der Waals surface area contributed by atoms with Crippen LogP contribution in [0, 0.1) is 12.8 Å². The largest absolute Gasteiger partial charge is 0.343 e. The molecule has 0 aliphatic heterocycles. The van der Waals surface area contributed by atoms with Gasteiger partial charge in [-0.3, -0.25) is 9.59 Å². The van der Waals surface area contributed by atoms with Gasteiger partial charge in [0.05, 0.1) is 6.04 Å².